The molecule has 1 fully saturated rings. The monoisotopic (exact) mass is 501 g/mol. The largest absolute Gasteiger partial charge is 0.362 e. The van der Waals surface area contributed by atoms with E-state index in [1.165, 1.54) is 55.1 Å². The molecule has 2 aliphatic heterocycles. The number of aliphatic hydroxyl groups is 1. The van der Waals surface area contributed by atoms with Crippen LogP contribution in [0.1, 0.15) is 73.3 Å². The third kappa shape index (κ3) is 2.53. The molecule has 2 heterocycles. The van der Waals surface area contributed by atoms with Gasteiger partial charge in [0.1, 0.15) is 5.71 Å². The zero-order valence-corrected chi connectivity index (χ0v) is 22.6. The van der Waals surface area contributed by atoms with Crippen LogP contribution in [0.3, 0.4) is 0 Å². The van der Waals surface area contributed by atoms with E-state index >= 15 is 0 Å². The lowest BCUT2D eigenvalue weighted by molar-refractivity contribution is -0.443. The van der Waals surface area contributed by atoms with Gasteiger partial charge in [-0.2, -0.15) is 0 Å². The molecule has 190 valence electrons. The highest BCUT2D eigenvalue weighted by atomic mass is 16.6. The molecule has 4 aromatic rings. The van der Waals surface area contributed by atoms with Crippen LogP contribution < -0.4 is 0 Å². The van der Waals surface area contributed by atoms with Crippen LogP contribution in [0.2, 0.25) is 0 Å². The summed E-state index contributed by atoms with van der Waals surface area (Å²) in [5.74, 6) is -0.873. The zero-order chi connectivity index (χ0) is 26.1. The summed E-state index contributed by atoms with van der Waals surface area (Å²) in [6, 6.07) is 24.4. The number of ether oxygens (including phenoxy) is 1. The maximum Gasteiger partial charge on any atom is 0.281 e. The van der Waals surface area contributed by atoms with Gasteiger partial charge in [-0.15, -0.1) is 0 Å². The highest BCUT2D eigenvalue weighted by Gasteiger charge is 2.75. The Labute approximate surface area is 223 Å². The molecule has 0 bridgehead atoms. The summed E-state index contributed by atoms with van der Waals surface area (Å²) in [5.41, 5.74) is 7.73. The Kier molecular flexibility index (Phi) is 4.28. The van der Waals surface area contributed by atoms with Gasteiger partial charge in [0.15, 0.2) is 12.1 Å². The van der Waals surface area contributed by atoms with Crippen molar-refractivity contribution in [1.29, 1.82) is 0 Å². The SMILES string of the molecule is COC1(O)C2c3c(cc(C(C)C)c4ccccc34)C3=[N+](C=NC4C3c3ccc5ccccc5c3C4(C)C)C21. The quantitative estimate of drug-likeness (QED) is 0.262. The molecular weight excluding hydrogens is 468 g/mol. The van der Waals surface area contributed by atoms with Gasteiger partial charge in [-0.05, 0) is 55.8 Å². The van der Waals surface area contributed by atoms with Crippen LogP contribution in [-0.2, 0) is 10.2 Å². The molecule has 8 rings (SSSR count). The molecule has 0 spiro atoms. The summed E-state index contributed by atoms with van der Waals surface area (Å²) in [6.45, 7) is 9.25. The van der Waals surface area contributed by atoms with E-state index in [2.05, 4.69) is 99.0 Å². The Bertz CT molecular complexity index is 1760. The summed E-state index contributed by atoms with van der Waals surface area (Å²) in [5, 5.41) is 16.9. The molecule has 4 heteroatoms. The van der Waals surface area contributed by atoms with E-state index in [1.54, 1.807) is 7.11 Å². The van der Waals surface area contributed by atoms with Crippen LogP contribution in [0.25, 0.3) is 21.5 Å². The molecule has 4 nitrogen and oxygen atoms in total. The Morgan fingerprint density at radius 3 is 2.39 bits per heavy atom. The summed E-state index contributed by atoms with van der Waals surface area (Å²) < 4.78 is 8.11. The van der Waals surface area contributed by atoms with Gasteiger partial charge in [0.2, 0.25) is 5.79 Å². The Morgan fingerprint density at radius 2 is 1.66 bits per heavy atom. The average molecular weight is 502 g/mol. The summed E-state index contributed by atoms with van der Waals surface area (Å²) in [7, 11) is 1.63. The van der Waals surface area contributed by atoms with Crippen molar-refractivity contribution >= 4 is 33.6 Å². The van der Waals surface area contributed by atoms with Crippen molar-refractivity contribution in [2.24, 2.45) is 4.99 Å². The van der Waals surface area contributed by atoms with Gasteiger partial charge >= 0.3 is 0 Å². The molecule has 0 aromatic heterocycles. The molecule has 0 saturated heterocycles. The third-order valence-corrected chi connectivity index (χ3v) is 9.95. The molecule has 5 atom stereocenters. The van der Waals surface area contributed by atoms with E-state index in [4.69, 9.17) is 9.73 Å². The topological polar surface area (TPSA) is 44.8 Å². The lowest BCUT2D eigenvalue weighted by atomic mass is 9.76. The highest BCUT2D eigenvalue weighted by Crippen LogP contribution is 2.62. The first-order valence-corrected chi connectivity index (χ1v) is 13.8. The molecule has 1 saturated carbocycles. The summed E-state index contributed by atoms with van der Waals surface area (Å²) in [4.78, 5) is 5.23. The minimum atomic E-state index is -1.24. The first-order valence-electron chi connectivity index (χ1n) is 13.8. The van der Waals surface area contributed by atoms with Crippen molar-refractivity contribution in [3.63, 3.8) is 0 Å². The molecule has 0 amide bonds. The maximum atomic E-state index is 11.8. The normalized spacial score (nSPS) is 29.8. The average Bonchev–Trinajstić information content (AvgIpc) is 3.48. The maximum absolute atomic E-state index is 11.8. The highest BCUT2D eigenvalue weighted by molar-refractivity contribution is 6.12. The number of fused-ring (bicyclic) bond motifs is 13. The molecular formula is C34H33N2O2+. The first-order chi connectivity index (χ1) is 18.3. The van der Waals surface area contributed by atoms with Crippen LogP contribution in [0.5, 0.6) is 0 Å². The molecule has 5 unspecified atom stereocenters. The van der Waals surface area contributed by atoms with E-state index < -0.39 is 5.79 Å². The predicted molar refractivity (Wildman–Crippen MR) is 153 cm³/mol. The Balaban J connectivity index is 1.48. The van der Waals surface area contributed by atoms with Gasteiger partial charge in [-0.25, -0.2) is 4.58 Å². The standard InChI is InChI=1S/C34H33N2O2/c1-18(2)24-16-25-26(22-13-9-8-12-21(22)24)29-32(34(29,37)38-5)36-17-35-31-27(30(25)36)23-15-14-19-10-6-7-11-20(19)28(23)33(31,3)4/h6-18,27,29,31-32,37H,1-5H3/q+1. The second-order valence-corrected chi connectivity index (χ2v) is 12.5. The summed E-state index contributed by atoms with van der Waals surface area (Å²) in [6.07, 6.45) is 2.01. The molecule has 38 heavy (non-hydrogen) atoms. The number of rotatable bonds is 2. The first kappa shape index (κ1) is 22.6. The van der Waals surface area contributed by atoms with E-state index in [-0.39, 0.29) is 29.3 Å². The van der Waals surface area contributed by atoms with Gasteiger partial charge in [-0.3, -0.25) is 0 Å². The second kappa shape index (κ2) is 7.19. The Morgan fingerprint density at radius 1 is 0.947 bits per heavy atom. The third-order valence-electron chi connectivity index (χ3n) is 9.95. The van der Waals surface area contributed by atoms with E-state index in [0.717, 1.165) is 0 Å². The fourth-order valence-electron chi connectivity index (χ4n) is 8.22. The minimum Gasteiger partial charge on any atom is -0.362 e. The van der Waals surface area contributed by atoms with Crippen LogP contribution >= 0.6 is 0 Å². The van der Waals surface area contributed by atoms with E-state index in [1.807, 2.05) is 6.34 Å². The number of methoxy groups -OCH3 is 1. The molecule has 1 N–H and O–H groups in total. The van der Waals surface area contributed by atoms with Gasteiger partial charge in [0.25, 0.3) is 6.34 Å². The van der Waals surface area contributed by atoms with Crippen LogP contribution in [0, 0.1) is 0 Å². The Hall–Kier alpha value is -3.34. The van der Waals surface area contributed by atoms with Gasteiger partial charge in [0.05, 0.1) is 11.8 Å². The van der Waals surface area contributed by atoms with Gasteiger partial charge in [0, 0.05) is 18.1 Å². The predicted octanol–water partition coefficient (Wildman–Crippen LogP) is 6.22. The van der Waals surface area contributed by atoms with Gasteiger partial charge < -0.3 is 9.84 Å². The number of hydrogen-bond acceptors (Lipinski definition) is 3. The van der Waals surface area contributed by atoms with Crippen LogP contribution in [-0.4, -0.2) is 46.7 Å². The minimum absolute atomic E-state index is 0.0855. The molecule has 2 aliphatic carbocycles. The number of aliphatic imine (C=N–C) groups is 1. The lowest BCUT2D eigenvalue weighted by Crippen LogP contribution is -2.44. The lowest BCUT2D eigenvalue weighted by Gasteiger charge is -2.31. The van der Waals surface area contributed by atoms with Crippen LogP contribution in [0.15, 0.2) is 71.7 Å². The molecule has 4 aromatic carbocycles. The summed E-state index contributed by atoms with van der Waals surface area (Å²) >= 11 is 0. The van der Waals surface area contributed by atoms with E-state index in [0.29, 0.717) is 5.92 Å². The van der Waals surface area contributed by atoms with Crippen molar-refractivity contribution in [3.8, 4) is 0 Å². The number of benzene rings is 4. The van der Waals surface area contributed by atoms with Crippen molar-refractivity contribution in [2.45, 2.75) is 68.7 Å². The smallest absolute Gasteiger partial charge is 0.281 e. The molecule has 4 aliphatic rings. The molecule has 0 radical (unpaired) electrons. The zero-order valence-electron chi connectivity index (χ0n) is 22.6. The fraction of sp³-hybridized carbons (Fsp3) is 0.353. The van der Waals surface area contributed by atoms with Crippen molar-refractivity contribution in [2.75, 3.05) is 7.11 Å². The van der Waals surface area contributed by atoms with E-state index in [9.17, 15) is 5.11 Å². The number of nitrogens with zero attached hydrogens (tertiary/aromatic N) is 2. The van der Waals surface area contributed by atoms with Crippen LogP contribution in [0.4, 0.5) is 0 Å². The van der Waals surface area contributed by atoms with Crippen molar-refractivity contribution in [3.05, 3.63) is 94.5 Å². The van der Waals surface area contributed by atoms with Crippen molar-refractivity contribution in [1.82, 2.24) is 0 Å². The second-order valence-electron chi connectivity index (χ2n) is 12.5. The fourth-order valence-corrected chi connectivity index (χ4v) is 8.22. The van der Waals surface area contributed by atoms with Gasteiger partial charge in [-0.1, -0.05) is 93.4 Å². The number of hydrogen-bond donors (Lipinski definition) is 1. The van der Waals surface area contributed by atoms with Crippen molar-refractivity contribution < 1.29 is 14.4 Å².